The van der Waals surface area contributed by atoms with E-state index in [1.165, 1.54) is 212 Å². The Balaban J connectivity index is 3.90. The summed E-state index contributed by atoms with van der Waals surface area (Å²) in [6.45, 7) is 6.97. The van der Waals surface area contributed by atoms with Crippen LogP contribution < -0.4 is 0 Å². The molecule has 0 spiro atoms. The molecular weight excluding hydrogens is 533 g/mol. The predicted octanol–water partition coefficient (Wildman–Crippen LogP) is 16.6. The van der Waals surface area contributed by atoms with E-state index in [1.807, 2.05) is 0 Å². The minimum Gasteiger partial charge on any atom is -0.0654 e. The number of rotatable bonds is 39. The summed E-state index contributed by atoms with van der Waals surface area (Å²) in [4.78, 5) is 0. The number of unbranched alkanes of at least 4 members (excludes halogenated alkanes) is 33. The number of hydrogen-bond donors (Lipinski definition) is 0. The van der Waals surface area contributed by atoms with Crippen molar-refractivity contribution in [1.29, 1.82) is 0 Å². The molecule has 0 aromatic carbocycles. The van der Waals surface area contributed by atoms with Crippen LogP contribution in [0, 0.1) is 0 Å². The van der Waals surface area contributed by atoms with Gasteiger partial charge < -0.3 is 0 Å². The first-order valence-electron chi connectivity index (χ1n) is 21.2. The second-order valence-corrected chi connectivity index (χ2v) is 17.7. The standard InChI is InChI=1S/C42H87Si/c1-4-7-10-13-16-19-22-25-28-31-34-37-40-43(41-38-35-32-29-26-23-20-17-14-11-8-5-2)42-39-36-33-30-27-24-21-18-15-12-9-6-3/h4-42H2,1-3H3. The molecule has 0 N–H and O–H groups in total. The average Bonchev–Trinajstić information content (AvgIpc) is 3.02. The lowest BCUT2D eigenvalue weighted by Crippen LogP contribution is -2.12. The lowest BCUT2D eigenvalue weighted by molar-refractivity contribution is 0.544. The highest BCUT2D eigenvalue weighted by Gasteiger charge is 2.11. The molecule has 0 aromatic heterocycles. The maximum atomic E-state index is 2.32. The minimum atomic E-state index is -0.0804. The molecule has 1 radical (unpaired) electrons. The van der Waals surface area contributed by atoms with E-state index in [0.29, 0.717) is 0 Å². The van der Waals surface area contributed by atoms with Gasteiger partial charge in [-0.2, -0.15) is 0 Å². The highest BCUT2D eigenvalue weighted by Crippen LogP contribution is 2.21. The number of hydrogen-bond acceptors (Lipinski definition) is 0. The summed E-state index contributed by atoms with van der Waals surface area (Å²) in [5.74, 6) is 0. The molecule has 0 aliphatic heterocycles. The van der Waals surface area contributed by atoms with Crippen LogP contribution in [0.4, 0.5) is 0 Å². The van der Waals surface area contributed by atoms with E-state index in [1.54, 1.807) is 37.4 Å². The van der Waals surface area contributed by atoms with Gasteiger partial charge in [0.25, 0.3) is 0 Å². The fourth-order valence-corrected chi connectivity index (χ4v) is 10.0. The van der Waals surface area contributed by atoms with Crippen molar-refractivity contribution in [3.63, 3.8) is 0 Å². The lowest BCUT2D eigenvalue weighted by Gasteiger charge is -2.15. The Labute approximate surface area is 278 Å². The van der Waals surface area contributed by atoms with Gasteiger partial charge in [0.15, 0.2) is 0 Å². The van der Waals surface area contributed by atoms with Crippen molar-refractivity contribution in [2.45, 2.75) is 270 Å². The molecule has 259 valence electrons. The van der Waals surface area contributed by atoms with Gasteiger partial charge >= 0.3 is 0 Å². The molecule has 0 amide bonds. The third-order valence-electron chi connectivity index (χ3n) is 10.2. The first-order valence-corrected chi connectivity index (χ1v) is 23.3. The lowest BCUT2D eigenvalue weighted by atomic mass is 10.1. The quantitative estimate of drug-likeness (QED) is 0.0474. The summed E-state index contributed by atoms with van der Waals surface area (Å²) in [7, 11) is -0.0804. The van der Waals surface area contributed by atoms with E-state index in [0.717, 1.165) is 0 Å². The molecule has 43 heavy (non-hydrogen) atoms. The second kappa shape index (κ2) is 40.2. The Morgan fingerprint density at radius 2 is 0.326 bits per heavy atom. The molecule has 0 bridgehead atoms. The van der Waals surface area contributed by atoms with Crippen LogP contribution in [0.3, 0.4) is 0 Å². The van der Waals surface area contributed by atoms with Crippen molar-refractivity contribution in [2.24, 2.45) is 0 Å². The molecule has 0 aromatic rings. The van der Waals surface area contributed by atoms with E-state index in [-0.39, 0.29) is 8.80 Å². The molecule has 0 unspecified atom stereocenters. The second-order valence-electron chi connectivity index (χ2n) is 14.7. The van der Waals surface area contributed by atoms with E-state index in [2.05, 4.69) is 20.8 Å². The molecule has 0 fully saturated rings. The molecule has 0 atom stereocenters. The first kappa shape index (κ1) is 43.2. The van der Waals surface area contributed by atoms with Crippen LogP contribution in [0.1, 0.15) is 252 Å². The van der Waals surface area contributed by atoms with Gasteiger partial charge in [-0.25, -0.2) is 0 Å². The molecule has 0 nitrogen and oxygen atoms in total. The van der Waals surface area contributed by atoms with E-state index in [9.17, 15) is 0 Å². The van der Waals surface area contributed by atoms with E-state index in [4.69, 9.17) is 0 Å². The van der Waals surface area contributed by atoms with Crippen molar-refractivity contribution < 1.29 is 0 Å². The van der Waals surface area contributed by atoms with Crippen molar-refractivity contribution in [2.75, 3.05) is 0 Å². The van der Waals surface area contributed by atoms with Gasteiger partial charge in [-0.1, -0.05) is 270 Å². The molecule has 0 aliphatic rings. The van der Waals surface area contributed by atoms with Gasteiger partial charge in [0.1, 0.15) is 0 Å². The van der Waals surface area contributed by atoms with Gasteiger partial charge in [0, 0.05) is 8.80 Å². The van der Waals surface area contributed by atoms with Crippen molar-refractivity contribution in [3.8, 4) is 0 Å². The molecule has 0 heterocycles. The van der Waals surface area contributed by atoms with Crippen LogP contribution in [-0.4, -0.2) is 8.80 Å². The largest absolute Gasteiger partial charge is 0.0654 e. The Morgan fingerprint density at radius 1 is 0.186 bits per heavy atom. The monoisotopic (exact) mass is 620 g/mol. The van der Waals surface area contributed by atoms with E-state index >= 15 is 0 Å². The van der Waals surface area contributed by atoms with Gasteiger partial charge in [-0.15, -0.1) is 0 Å². The SMILES string of the molecule is CCCCCCCCCCCCCC[Si](CCCCCCCCCCCCCC)CCCCCCCCCCCCCC. The van der Waals surface area contributed by atoms with Crippen molar-refractivity contribution in [3.05, 3.63) is 0 Å². The van der Waals surface area contributed by atoms with Crippen LogP contribution in [0.15, 0.2) is 0 Å². The van der Waals surface area contributed by atoms with Gasteiger partial charge in [-0.05, 0) is 0 Å². The van der Waals surface area contributed by atoms with E-state index < -0.39 is 0 Å². The summed E-state index contributed by atoms with van der Waals surface area (Å²) in [5, 5.41) is 0. The Morgan fingerprint density at radius 3 is 0.488 bits per heavy atom. The molecular formula is C42H87Si. The molecule has 0 rings (SSSR count). The summed E-state index contributed by atoms with van der Waals surface area (Å²) in [5.41, 5.74) is 0. The third-order valence-corrected chi connectivity index (χ3v) is 13.3. The van der Waals surface area contributed by atoms with Gasteiger partial charge in [0.2, 0.25) is 0 Å². The first-order chi connectivity index (χ1) is 21.3. The smallest absolute Gasteiger partial charge is 0.0479 e. The van der Waals surface area contributed by atoms with Crippen molar-refractivity contribution >= 4 is 8.80 Å². The van der Waals surface area contributed by atoms with Crippen LogP contribution in [0.5, 0.6) is 0 Å². The van der Waals surface area contributed by atoms with Crippen LogP contribution in [-0.2, 0) is 0 Å². The van der Waals surface area contributed by atoms with Crippen LogP contribution >= 0.6 is 0 Å². The summed E-state index contributed by atoms with van der Waals surface area (Å²) >= 11 is 0. The van der Waals surface area contributed by atoms with Crippen LogP contribution in [0.25, 0.3) is 0 Å². The molecule has 0 saturated heterocycles. The van der Waals surface area contributed by atoms with Gasteiger partial charge in [-0.3, -0.25) is 0 Å². The highest BCUT2D eigenvalue weighted by molar-refractivity contribution is 6.58. The zero-order valence-electron chi connectivity index (χ0n) is 31.1. The summed E-state index contributed by atoms with van der Waals surface area (Å²) < 4.78 is 0. The average molecular weight is 620 g/mol. The molecule has 0 aliphatic carbocycles. The molecule has 0 saturated carbocycles. The summed E-state index contributed by atoms with van der Waals surface area (Å²) in [6.07, 6.45) is 53.6. The minimum absolute atomic E-state index is 0.0804. The predicted molar refractivity (Wildman–Crippen MR) is 203 cm³/mol. The Hall–Kier alpha value is 0.217. The topological polar surface area (TPSA) is 0 Å². The zero-order chi connectivity index (χ0) is 31.2. The van der Waals surface area contributed by atoms with Gasteiger partial charge in [0.05, 0.1) is 0 Å². The fraction of sp³-hybridized carbons (Fsp3) is 1.00. The highest BCUT2D eigenvalue weighted by atomic mass is 28.3. The maximum absolute atomic E-state index is 2.32. The van der Waals surface area contributed by atoms with Crippen LogP contribution in [0.2, 0.25) is 18.1 Å². The summed E-state index contributed by atoms with van der Waals surface area (Å²) in [6, 6.07) is 4.91. The zero-order valence-corrected chi connectivity index (χ0v) is 32.1. The maximum Gasteiger partial charge on any atom is 0.0479 e. The molecule has 1 heteroatoms. The van der Waals surface area contributed by atoms with Crippen molar-refractivity contribution in [1.82, 2.24) is 0 Å². The third kappa shape index (κ3) is 38.3. The normalized spacial score (nSPS) is 11.7. The Kier molecular flexibility index (Phi) is 40.4. The Bertz CT molecular complexity index is 393. The fourth-order valence-electron chi connectivity index (χ4n) is 7.02.